The Labute approximate surface area is 158 Å². The Kier molecular flexibility index (Phi) is 6.67. The predicted molar refractivity (Wildman–Crippen MR) is 106 cm³/mol. The van der Waals surface area contributed by atoms with Gasteiger partial charge in [0.25, 0.3) is 0 Å². The Balaban J connectivity index is 2.43. The molecule has 0 aliphatic rings. The van der Waals surface area contributed by atoms with Crippen molar-refractivity contribution in [3.63, 3.8) is 0 Å². The molecule has 0 unspecified atom stereocenters. The molecule has 0 fully saturated rings. The van der Waals surface area contributed by atoms with E-state index in [1.54, 1.807) is 34.9 Å². The summed E-state index contributed by atoms with van der Waals surface area (Å²) < 4.78 is 1.78. The average molecular weight is 374 g/mol. The predicted octanol–water partition coefficient (Wildman–Crippen LogP) is 3.25. The summed E-state index contributed by atoms with van der Waals surface area (Å²) in [4.78, 5) is 19.3. The first-order valence-electron chi connectivity index (χ1n) is 7.74. The van der Waals surface area contributed by atoms with E-state index in [9.17, 15) is 4.79 Å². The van der Waals surface area contributed by atoms with Crippen LogP contribution in [-0.4, -0.2) is 31.5 Å². The zero-order chi connectivity index (χ0) is 18.4. The molecule has 0 amide bonds. The number of rotatable bonds is 7. The van der Waals surface area contributed by atoms with Gasteiger partial charge in [-0.2, -0.15) is 4.57 Å². The Bertz CT molecular complexity index is 770. The van der Waals surface area contributed by atoms with Crippen LogP contribution in [0.4, 0.5) is 5.69 Å². The summed E-state index contributed by atoms with van der Waals surface area (Å²) in [5, 5.41) is 0.900. The zero-order valence-corrected chi connectivity index (χ0v) is 15.8. The minimum Gasteiger partial charge on any atom is -0.758 e. The molecule has 2 rings (SSSR count). The Morgan fingerprint density at radius 3 is 2.40 bits per heavy atom. The molecule has 0 spiro atoms. The molecule has 1 atom stereocenters. The summed E-state index contributed by atoms with van der Waals surface area (Å²) in [5.41, 5.74) is 1.57. The lowest BCUT2D eigenvalue weighted by Gasteiger charge is -2.19. The van der Waals surface area contributed by atoms with Crippen LogP contribution in [0.3, 0.4) is 0 Å². The molecule has 4 nitrogen and oxygen atoms in total. The summed E-state index contributed by atoms with van der Waals surface area (Å²) in [6, 6.07) is 9.94. The maximum Gasteiger partial charge on any atom is 0.237 e. The van der Waals surface area contributed by atoms with E-state index in [0.29, 0.717) is 22.2 Å². The van der Waals surface area contributed by atoms with Gasteiger partial charge in [0.15, 0.2) is 12.4 Å². The van der Waals surface area contributed by atoms with Crippen LogP contribution in [0.1, 0.15) is 16.4 Å². The quantitative estimate of drug-likeness (QED) is 0.187. The van der Waals surface area contributed by atoms with Gasteiger partial charge in [-0.05, 0) is 29.3 Å². The first kappa shape index (κ1) is 19.1. The van der Waals surface area contributed by atoms with Gasteiger partial charge in [-0.1, -0.05) is 17.7 Å². The first-order valence-corrected chi connectivity index (χ1v) is 8.53. The lowest BCUT2D eigenvalue weighted by Crippen LogP contribution is -2.47. The molecular formula is C19H20ClN3OS. The third-order valence-electron chi connectivity index (χ3n) is 3.64. The highest BCUT2D eigenvalue weighted by molar-refractivity contribution is 7.77. The van der Waals surface area contributed by atoms with Crippen LogP contribution >= 0.6 is 11.6 Å². The molecule has 0 saturated heterocycles. The molecule has 1 heterocycles. The van der Waals surface area contributed by atoms with Gasteiger partial charge in [-0.15, -0.1) is 6.58 Å². The monoisotopic (exact) mass is 373 g/mol. The number of aliphatic imine (C=N–C) groups is 1. The minimum atomic E-state index is -0.688. The topological polar surface area (TPSA) is 36.6 Å². The smallest absolute Gasteiger partial charge is 0.237 e. The maximum absolute atomic E-state index is 13.0. The molecule has 1 aromatic heterocycles. The lowest BCUT2D eigenvalue weighted by atomic mass is 10.0. The number of carbonyl (C=O) groups excluding carboxylic acids is 1. The first-order chi connectivity index (χ1) is 11.9. The van der Waals surface area contributed by atoms with E-state index >= 15 is 0 Å². The number of Topliss-reactive ketones (excluding diaryl/α,β-unsaturated/α-hetero) is 1. The second-order valence-corrected chi connectivity index (χ2v) is 6.49. The average Bonchev–Trinajstić information content (AvgIpc) is 2.61. The standard InChI is InChI=1S/C19H20ClN3OS/c1-4-11-21-19(25)17(18(24)14-5-7-15(20)8-6-14)23-12-9-16(10-13-23)22(2)3/h4-10,12-13,17H,1,11H2,2-3H3/t17-/m0/s1. The number of anilines is 1. The van der Waals surface area contributed by atoms with E-state index in [0.717, 1.165) is 5.69 Å². The Morgan fingerprint density at radius 2 is 1.88 bits per heavy atom. The molecule has 0 saturated carbocycles. The maximum atomic E-state index is 13.0. The third-order valence-corrected chi connectivity index (χ3v) is 4.24. The van der Waals surface area contributed by atoms with E-state index in [2.05, 4.69) is 11.6 Å². The van der Waals surface area contributed by atoms with Crippen molar-refractivity contribution in [1.29, 1.82) is 0 Å². The summed E-state index contributed by atoms with van der Waals surface area (Å²) in [6.07, 6.45) is 5.32. The molecular weight excluding hydrogens is 354 g/mol. The van der Waals surface area contributed by atoms with Crippen LogP contribution < -0.4 is 9.47 Å². The van der Waals surface area contributed by atoms with Crippen LogP contribution in [-0.2, 0) is 12.6 Å². The number of benzene rings is 1. The van der Waals surface area contributed by atoms with Gasteiger partial charge in [0.05, 0.1) is 6.54 Å². The van der Waals surface area contributed by atoms with Crippen molar-refractivity contribution in [2.45, 2.75) is 6.04 Å². The van der Waals surface area contributed by atoms with Crippen LogP contribution in [0.25, 0.3) is 0 Å². The molecule has 130 valence electrons. The number of aromatic nitrogens is 1. The van der Waals surface area contributed by atoms with Crippen molar-refractivity contribution in [2.75, 3.05) is 25.5 Å². The second-order valence-electron chi connectivity index (χ2n) is 5.64. The van der Waals surface area contributed by atoms with Crippen molar-refractivity contribution in [2.24, 2.45) is 4.99 Å². The van der Waals surface area contributed by atoms with E-state index in [1.165, 1.54) is 0 Å². The third kappa shape index (κ3) is 4.87. The second kappa shape index (κ2) is 8.74. The highest BCUT2D eigenvalue weighted by Gasteiger charge is 2.28. The van der Waals surface area contributed by atoms with Crippen LogP contribution in [0.5, 0.6) is 0 Å². The van der Waals surface area contributed by atoms with E-state index < -0.39 is 6.04 Å². The van der Waals surface area contributed by atoms with Gasteiger partial charge in [-0.3, -0.25) is 4.79 Å². The van der Waals surface area contributed by atoms with E-state index in [1.807, 2.05) is 43.5 Å². The fourth-order valence-corrected chi connectivity index (χ4v) is 2.72. The lowest BCUT2D eigenvalue weighted by molar-refractivity contribution is -0.691. The zero-order valence-electron chi connectivity index (χ0n) is 14.2. The molecule has 0 aliphatic heterocycles. The molecule has 0 aliphatic carbocycles. The van der Waals surface area contributed by atoms with Crippen molar-refractivity contribution in [1.82, 2.24) is 0 Å². The van der Waals surface area contributed by atoms with Crippen molar-refractivity contribution < 1.29 is 9.36 Å². The fourth-order valence-electron chi connectivity index (χ4n) is 2.29. The van der Waals surface area contributed by atoms with Gasteiger partial charge in [0, 0.05) is 42.5 Å². The molecule has 25 heavy (non-hydrogen) atoms. The number of carbonyl (C=O) groups is 1. The van der Waals surface area contributed by atoms with E-state index in [4.69, 9.17) is 24.2 Å². The summed E-state index contributed by atoms with van der Waals surface area (Å²) >= 11 is 11.3. The van der Waals surface area contributed by atoms with Gasteiger partial charge in [0.1, 0.15) is 0 Å². The van der Waals surface area contributed by atoms with Gasteiger partial charge < -0.3 is 22.5 Å². The van der Waals surface area contributed by atoms with Gasteiger partial charge >= 0.3 is 0 Å². The Morgan fingerprint density at radius 1 is 1.28 bits per heavy atom. The highest BCUT2D eigenvalue weighted by atomic mass is 35.5. The molecule has 6 heteroatoms. The summed E-state index contributed by atoms with van der Waals surface area (Å²) in [5.74, 6) is -0.128. The number of nitrogens with zero attached hydrogens (tertiary/aromatic N) is 3. The molecule has 0 radical (unpaired) electrons. The summed E-state index contributed by atoms with van der Waals surface area (Å²) in [6.45, 7) is 4.02. The summed E-state index contributed by atoms with van der Waals surface area (Å²) in [7, 11) is 3.92. The number of ketones is 1. The highest BCUT2D eigenvalue weighted by Crippen LogP contribution is 2.16. The van der Waals surface area contributed by atoms with Crippen molar-refractivity contribution >= 4 is 40.7 Å². The van der Waals surface area contributed by atoms with Crippen molar-refractivity contribution in [3.8, 4) is 0 Å². The fraction of sp³-hybridized carbons (Fsp3) is 0.211. The van der Waals surface area contributed by atoms with Crippen molar-refractivity contribution in [3.05, 3.63) is 72.0 Å². The molecule has 0 bridgehead atoms. The molecule has 2 aromatic rings. The van der Waals surface area contributed by atoms with E-state index in [-0.39, 0.29) is 5.78 Å². The van der Waals surface area contributed by atoms with Gasteiger partial charge in [-0.25, -0.2) is 0 Å². The number of hydrogen-bond donors (Lipinski definition) is 0. The molecule has 0 N–H and O–H groups in total. The largest absolute Gasteiger partial charge is 0.758 e. The van der Waals surface area contributed by atoms with Crippen LogP contribution in [0.2, 0.25) is 5.02 Å². The number of halogens is 1. The van der Waals surface area contributed by atoms with Crippen LogP contribution in [0.15, 0.2) is 66.4 Å². The number of hydrogen-bond acceptors (Lipinski definition) is 4. The molecule has 1 aromatic carbocycles. The minimum absolute atomic E-state index is 0.128. The normalized spacial score (nSPS) is 12.5. The van der Waals surface area contributed by atoms with Crippen LogP contribution in [0, 0.1) is 0 Å². The van der Waals surface area contributed by atoms with Gasteiger partial charge in [0.2, 0.25) is 11.8 Å². The number of pyridine rings is 1. The Hall–Kier alpha value is -2.24. The SMILES string of the molecule is C=CCN=C([S-])[C@H](C(=O)c1ccc(Cl)cc1)[n+]1ccc(N(C)C)cc1.